The summed E-state index contributed by atoms with van der Waals surface area (Å²) in [5.74, 6) is 1.32. The predicted molar refractivity (Wildman–Crippen MR) is 63.0 cm³/mol. The Kier molecular flexibility index (Phi) is 3.31. The normalized spacial score (nSPS) is 12.9. The molecule has 6 heteroatoms. The number of anilines is 1. The Hall–Kier alpha value is -1.69. The molecule has 2 aromatic heterocycles. The number of aromatic nitrogens is 4. The van der Waals surface area contributed by atoms with Gasteiger partial charge in [0.25, 0.3) is 0 Å². The highest BCUT2D eigenvalue weighted by atomic mass is 15.1. The van der Waals surface area contributed by atoms with E-state index >= 15 is 0 Å². The zero-order chi connectivity index (χ0) is 11.4. The van der Waals surface area contributed by atoms with E-state index in [-0.39, 0.29) is 0 Å². The summed E-state index contributed by atoms with van der Waals surface area (Å²) in [6.07, 6.45) is 4.14. The van der Waals surface area contributed by atoms with E-state index in [4.69, 9.17) is 5.73 Å². The molecule has 0 fully saturated rings. The van der Waals surface area contributed by atoms with Crippen molar-refractivity contribution in [1.82, 2.24) is 19.9 Å². The van der Waals surface area contributed by atoms with Crippen molar-refractivity contribution in [2.45, 2.75) is 13.3 Å². The van der Waals surface area contributed by atoms with Crippen molar-refractivity contribution in [1.29, 1.82) is 0 Å². The summed E-state index contributed by atoms with van der Waals surface area (Å²) in [5, 5.41) is 3.28. The van der Waals surface area contributed by atoms with Gasteiger partial charge in [0.05, 0.1) is 6.33 Å². The standard InChI is InChI=1S/C10H16N6/c1-7(2-3-11)4-12-9-8-10(14-5-13-8)16-6-15-9/h5-7H,2-4,11H2,1H3,(H2,12,13,14,15,16). The second-order valence-corrected chi connectivity index (χ2v) is 3.89. The Balaban J connectivity index is 2.06. The second kappa shape index (κ2) is 4.89. The molecule has 0 aliphatic rings. The Labute approximate surface area is 93.7 Å². The Morgan fingerprint density at radius 3 is 3.12 bits per heavy atom. The molecule has 2 heterocycles. The molecule has 6 nitrogen and oxygen atoms in total. The number of nitrogens with two attached hydrogens (primary N) is 1. The molecule has 2 rings (SSSR count). The van der Waals surface area contributed by atoms with Crippen LogP contribution in [0.2, 0.25) is 0 Å². The number of aromatic amines is 1. The number of imidazole rings is 1. The third-order valence-corrected chi connectivity index (χ3v) is 2.50. The first-order valence-electron chi connectivity index (χ1n) is 5.39. The maximum absolute atomic E-state index is 5.50. The van der Waals surface area contributed by atoms with Gasteiger partial charge in [-0.2, -0.15) is 0 Å². The van der Waals surface area contributed by atoms with Gasteiger partial charge in [-0.25, -0.2) is 15.0 Å². The van der Waals surface area contributed by atoms with Crippen LogP contribution in [0.4, 0.5) is 5.82 Å². The molecular weight excluding hydrogens is 204 g/mol. The van der Waals surface area contributed by atoms with Gasteiger partial charge in [0, 0.05) is 6.54 Å². The van der Waals surface area contributed by atoms with Gasteiger partial charge >= 0.3 is 0 Å². The quantitative estimate of drug-likeness (QED) is 0.691. The number of hydrogen-bond acceptors (Lipinski definition) is 5. The summed E-state index contributed by atoms with van der Waals surface area (Å²) in [7, 11) is 0. The van der Waals surface area contributed by atoms with Crippen molar-refractivity contribution >= 4 is 17.0 Å². The van der Waals surface area contributed by atoms with Crippen molar-refractivity contribution in [3.8, 4) is 0 Å². The number of rotatable bonds is 5. The van der Waals surface area contributed by atoms with Crippen LogP contribution in [-0.2, 0) is 0 Å². The fourth-order valence-electron chi connectivity index (χ4n) is 1.56. The lowest BCUT2D eigenvalue weighted by Gasteiger charge is -2.11. The van der Waals surface area contributed by atoms with Crippen LogP contribution in [0.1, 0.15) is 13.3 Å². The van der Waals surface area contributed by atoms with Gasteiger partial charge in [-0.05, 0) is 18.9 Å². The average molecular weight is 220 g/mol. The molecule has 16 heavy (non-hydrogen) atoms. The predicted octanol–water partition coefficient (Wildman–Crippen LogP) is 0.750. The Morgan fingerprint density at radius 1 is 1.44 bits per heavy atom. The molecule has 0 spiro atoms. The summed E-state index contributed by atoms with van der Waals surface area (Å²) in [4.78, 5) is 15.3. The molecule has 0 saturated carbocycles. The van der Waals surface area contributed by atoms with E-state index < -0.39 is 0 Å². The third kappa shape index (κ3) is 2.27. The highest BCUT2D eigenvalue weighted by molar-refractivity contribution is 5.81. The average Bonchev–Trinajstić information content (AvgIpc) is 2.75. The monoisotopic (exact) mass is 220 g/mol. The molecule has 1 unspecified atom stereocenters. The maximum atomic E-state index is 5.50. The zero-order valence-corrected chi connectivity index (χ0v) is 9.27. The van der Waals surface area contributed by atoms with Crippen LogP contribution < -0.4 is 11.1 Å². The SMILES string of the molecule is CC(CCN)CNc1ncnc2nc[nH]c12. The van der Waals surface area contributed by atoms with E-state index in [0.717, 1.165) is 24.3 Å². The molecule has 0 aliphatic heterocycles. The molecule has 1 atom stereocenters. The fraction of sp³-hybridized carbons (Fsp3) is 0.500. The van der Waals surface area contributed by atoms with Crippen LogP contribution in [0.25, 0.3) is 11.2 Å². The fourth-order valence-corrected chi connectivity index (χ4v) is 1.56. The highest BCUT2D eigenvalue weighted by Gasteiger charge is 2.06. The first kappa shape index (κ1) is 10.8. The lowest BCUT2D eigenvalue weighted by Crippen LogP contribution is -2.16. The molecule has 86 valence electrons. The van der Waals surface area contributed by atoms with Gasteiger partial charge in [0.15, 0.2) is 11.5 Å². The summed E-state index contributed by atoms with van der Waals surface area (Å²) in [6.45, 7) is 3.72. The minimum Gasteiger partial charge on any atom is -0.368 e. The number of H-pyrrole nitrogens is 1. The van der Waals surface area contributed by atoms with Gasteiger partial charge in [0.2, 0.25) is 0 Å². The van der Waals surface area contributed by atoms with Crippen LogP contribution >= 0.6 is 0 Å². The highest BCUT2D eigenvalue weighted by Crippen LogP contribution is 2.14. The lowest BCUT2D eigenvalue weighted by molar-refractivity contribution is 0.568. The molecule has 0 amide bonds. The summed E-state index contributed by atoms with van der Waals surface area (Å²) >= 11 is 0. The molecule has 0 saturated heterocycles. The largest absolute Gasteiger partial charge is 0.368 e. The number of hydrogen-bond donors (Lipinski definition) is 3. The molecule has 0 bridgehead atoms. The summed E-state index contributed by atoms with van der Waals surface area (Å²) in [6, 6.07) is 0. The van der Waals surface area contributed by atoms with Crippen LogP contribution in [0.3, 0.4) is 0 Å². The molecular formula is C10H16N6. The van der Waals surface area contributed by atoms with Crippen molar-refractivity contribution in [3.63, 3.8) is 0 Å². The minimum atomic E-state index is 0.526. The van der Waals surface area contributed by atoms with Crippen molar-refractivity contribution in [2.24, 2.45) is 11.7 Å². The summed E-state index contributed by atoms with van der Waals surface area (Å²) < 4.78 is 0. The first-order valence-corrected chi connectivity index (χ1v) is 5.39. The van der Waals surface area contributed by atoms with Gasteiger partial charge in [-0.3, -0.25) is 0 Å². The molecule has 0 radical (unpaired) electrons. The van der Waals surface area contributed by atoms with Gasteiger partial charge in [-0.15, -0.1) is 0 Å². The van der Waals surface area contributed by atoms with Gasteiger partial charge in [-0.1, -0.05) is 6.92 Å². The lowest BCUT2D eigenvalue weighted by atomic mass is 10.1. The molecule has 0 aromatic carbocycles. The number of nitrogens with zero attached hydrogens (tertiary/aromatic N) is 3. The van der Waals surface area contributed by atoms with Crippen LogP contribution in [0, 0.1) is 5.92 Å². The number of nitrogens with one attached hydrogen (secondary N) is 2. The topological polar surface area (TPSA) is 92.5 Å². The first-order chi connectivity index (χ1) is 7.81. The van der Waals surface area contributed by atoms with Crippen LogP contribution in [-0.4, -0.2) is 33.0 Å². The zero-order valence-electron chi connectivity index (χ0n) is 9.27. The summed E-state index contributed by atoms with van der Waals surface area (Å²) in [5.41, 5.74) is 7.04. The molecule has 2 aromatic rings. The molecule has 4 N–H and O–H groups in total. The van der Waals surface area contributed by atoms with E-state index in [1.807, 2.05) is 0 Å². The van der Waals surface area contributed by atoms with Crippen molar-refractivity contribution in [2.75, 3.05) is 18.4 Å². The van der Waals surface area contributed by atoms with E-state index in [1.54, 1.807) is 6.33 Å². The Morgan fingerprint density at radius 2 is 2.31 bits per heavy atom. The van der Waals surface area contributed by atoms with Gasteiger partial charge < -0.3 is 16.0 Å². The second-order valence-electron chi connectivity index (χ2n) is 3.89. The van der Waals surface area contributed by atoms with E-state index in [2.05, 4.69) is 32.2 Å². The van der Waals surface area contributed by atoms with Crippen molar-refractivity contribution in [3.05, 3.63) is 12.7 Å². The van der Waals surface area contributed by atoms with Crippen LogP contribution in [0.15, 0.2) is 12.7 Å². The Bertz CT molecular complexity index is 451. The smallest absolute Gasteiger partial charge is 0.182 e. The van der Waals surface area contributed by atoms with E-state index in [1.165, 1.54) is 6.33 Å². The van der Waals surface area contributed by atoms with E-state index in [9.17, 15) is 0 Å². The van der Waals surface area contributed by atoms with E-state index in [0.29, 0.717) is 18.1 Å². The number of fused-ring (bicyclic) bond motifs is 1. The maximum Gasteiger partial charge on any atom is 0.182 e. The van der Waals surface area contributed by atoms with Gasteiger partial charge in [0.1, 0.15) is 11.8 Å². The van der Waals surface area contributed by atoms with Crippen molar-refractivity contribution < 1.29 is 0 Å². The van der Waals surface area contributed by atoms with Crippen LogP contribution in [0.5, 0.6) is 0 Å². The molecule has 0 aliphatic carbocycles. The third-order valence-electron chi connectivity index (χ3n) is 2.50. The minimum absolute atomic E-state index is 0.526.